The highest BCUT2D eigenvalue weighted by atomic mass is 35.5. The third-order valence-corrected chi connectivity index (χ3v) is 4.98. The standard InChI is InChI=1S/C25H21ClN4/c1-17-8-10-19(11-9-17)18(2)29-30-25-27-23(20-6-4-3-5-7-20)16-24(28-25)21-12-14-22(26)15-13-21/h3-16H,1-2H3,(H,27,28,30)/b29-18-. The first-order chi connectivity index (χ1) is 14.6. The molecule has 30 heavy (non-hydrogen) atoms. The minimum atomic E-state index is 0.438. The lowest BCUT2D eigenvalue weighted by atomic mass is 10.1. The summed E-state index contributed by atoms with van der Waals surface area (Å²) >= 11 is 6.05. The number of benzene rings is 3. The second kappa shape index (κ2) is 8.89. The lowest BCUT2D eigenvalue weighted by Crippen LogP contribution is -2.04. The van der Waals surface area contributed by atoms with Crippen LogP contribution in [0, 0.1) is 6.92 Å². The first kappa shape index (κ1) is 19.8. The fraction of sp³-hybridized carbons (Fsp3) is 0.0800. The maximum absolute atomic E-state index is 6.05. The smallest absolute Gasteiger partial charge is 0.244 e. The van der Waals surface area contributed by atoms with Gasteiger partial charge >= 0.3 is 0 Å². The summed E-state index contributed by atoms with van der Waals surface area (Å²) in [7, 11) is 0. The number of anilines is 1. The summed E-state index contributed by atoms with van der Waals surface area (Å²) in [6.07, 6.45) is 0. The minimum absolute atomic E-state index is 0.438. The van der Waals surface area contributed by atoms with E-state index >= 15 is 0 Å². The average molecular weight is 413 g/mol. The van der Waals surface area contributed by atoms with Gasteiger partial charge in [0.05, 0.1) is 17.1 Å². The van der Waals surface area contributed by atoms with Gasteiger partial charge in [0.1, 0.15) is 0 Å². The van der Waals surface area contributed by atoms with E-state index in [9.17, 15) is 0 Å². The van der Waals surface area contributed by atoms with Gasteiger partial charge in [0, 0.05) is 16.1 Å². The van der Waals surface area contributed by atoms with Crippen LogP contribution >= 0.6 is 11.6 Å². The van der Waals surface area contributed by atoms with Gasteiger partial charge < -0.3 is 0 Å². The molecule has 0 saturated heterocycles. The van der Waals surface area contributed by atoms with Crippen LogP contribution in [0.1, 0.15) is 18.1 Å². The molecule has 0 aliphatic rings. The predicted octanol–water partition coefficient (Wildman–Crippen LogP) is 6.61. The monoisotopic (exact) mass is 412 g/mol. The molecule has 1 aromatic heterocycles. The Morgan fingerprint density at radius 2 is 1.40 bits per heavy atom. The highest BCUT2D eigenvalue weighted by Crippen LogP contribution is 2.26. The molecule has 148 valence electrons. The summed E-state index contributed by atoms with van der Waals surface area (Å²) in [6.45, 7) is 4.02. The zero-order chi connectivity index (χ0) is 20.9. The zero-order valence-electron chi connectivity index (χ0n) is 16.8. The van der Waals surface area contributed by atoms with Crippen LogP contribution in [0.15, 0.2) is 90.0 Å². The van der Waals surface area contributed by atoms with Gasteiger partial charge in [-0.25, -0.2) is 15.4 Å². The Morgan fingerprint density at radius 1 is 0.800 bits per heavy atom. The Hall–Kier alpha value is -3.50. The van der Waals surface area contributed by atoms with Gasteiger partial charge in [0.25, 0.3) is 0 Å². The molecule has 0 bridgehead atoms. The van der Waals surface area contributed by atoms with Crippen LogP contribution in [0.3, 0.4) is 0 Å². The molecule has 0 aliphatic carbocycles. The summed E-state index contributed by atoms with van der Waals surface area (Å²) in [5.74, 6) is 0.438. The van der Waals surface area contributed by atoms with Crippen LogP contribution in [-0.2, 0) is 0 Å². The van der Waals surface area contributed by atoms with Gasteiger partial charge in [-0.1, -0.05) is 83.9 Å². The molecule has 0 radical (unpaired) electrons. The van der Waals surface area contributed by atoms with Crippen LogP contribution < -0.4 is 5.43 Å². The number of hydrazone groups is 1. The van der Waals surface area contributed by atoms with E-state index in [1.807, 2.05) is 67.6 Å². The van der Waals surface area contributed by atoms with E-state index in [1.54, 1.807) is 0 Å². The third kappa shape index (κ3) is 4.73. The number of halogens is 1. The fourth-order valence-corrected chi connectivity index (χ4v) is 3.14. The second-order valence-corrected chi connectivity index (χ2v) is 7.45. The van der Waals surface area contributed by atoms with Crippen molar-refractivity contribution in [1.29, 1.82) is 0 Å². The molecular formula is C25H21ClN4. The Kier molecular flexibility index (Phi) is 5.87. The van der Waals surface area contributed by atoms with Gasteiger partial charge in [0.15, 0.2) is 0 Å². The quantitative estimate of drug-likeness (QED) is 0.296. The molecule has 5 heteroatoms. The van der Waals surface area contributed by atoms with Crippen molar-refractivity contribution in [3.63, 3.8) is 0 Å². The highest BCUT2D eigenvalue weighted by molar-refractivity contribution is 6.30. The maximum atomic E-state index is 6.05. The molecule has 0 spiro atoms. The number of hydrogen-bond acceptors (Lipinski definition) is 4. The molecule has 3 aromatic carbocycles. The topological polar surface area (TPSA) is 50.2 Å². The first-order valence-corrected chi connectivity index (χ1v) is 10.0. The number of aromatic nitrogens is 2. The average Bonchev–Trinajstić information content (AvgIpc) is 2.79. The molecule has 0 aliphatic heterocycles. The number of hydrogen-bond donors (Lipinski definition) is 1. The van der Waals surface area contributed by atoms with Crippen molar-refractivity contribution in [1.82, 2.24) is 9.97 Å². The van der Waals surface area contributed by atoms with E-state index in [-0.39, 0.29) is 0 Å². The molecule has 1 N–H and O–H groups in total. The van der Waals surface area contributed by atoms with E-state index in [2.05, 4.69) is 51.7 Å². The van der Waals surface area contributed by atoms with Crippen molar-refractivity contribution < 1.29 is 0 Å². The molecular weight excluding hydrogens is 392 g/mol. The Balaban J connectivity index is 1.71. The van der Waals surface area contributed by atoms with Crippen molar-refractivity contribution in [3.8, 4) is 22.5 Å². The SMILES string of the molecule is C/C(=N/Nc1nc(-c2ccccc2)cc(-c2ccc(Cl)cc2)n1)c1ccc(C)cc1. The second-order valence-electron chi connectivity index (χ2n) is 7.01. The molecule has 0 amide bonds. The van der Waals surface area contributed by atoms with Crippen molar-refractivity contribution in [3.05, 3.63) is 101 Å². The summed E-state index contributed by atoms with van der Waals surface area (Å²) in [6, 6.07) is 27.8. The van der Waals surface area contributed by atoms with E-state index in [0.29, 0.717) is 11.0 Å². The van der Waals surface area contributed by atoms with Crippen molar-refractivity contribution in [2.24, 2.45) is 5.10 Å². The fourth-order valence-electron chi connectivity index (χ4n) is 3.02. The van der Waals surface area contributed by atoms with E-state index in [1.165, 1.54) is 5.56 Å². The van der Waals surface area contributed by atoms with Crippen molar-refractivity contribution in [2.75, 3.05) is 5.43 Å². The molecule has 4 aromatic rings. The van der Waals surface area contributed by atoms with Crippen LogP contribution in [0.25, 0.3) is 22.5 Å². The van der Waals surface area contributed by atoms with Crippen LogP contribution in [0.2, 0.25) is 5.02 Å². The minimum Gasteiger partial charge on any atom is -0.245 e. The normalized spacial score (nSPS) is 11.4. The Bertz CT molecular complexity index is 1170. The summed E-state index contributed by atoms with van der Waals surface area (Å²) in [5, 5.41) is 5.19. The van der Waals surface area contributed by atoms with Crippen molar-refractivity contribution in [2.45, 2.75) is 13.8 Å². The molecule has 0 atom stereocenters. The van der Waals surface area contributed by atoms with E-state index in [4.69, 9.17) is 11.6 Å². The van der Waals surface area contributed by atoms with E-state index in [0.717, 1.165) is 33.8 Å². The summed E-state index contributed by atoms with van der Waals surface area (Å²) in [4.78, 5) is 9.34. The zero-order valence-corrected chi connectivity index (χ0v) is 17.6. The summed E-state index contributed by atoms with van der Waals surface area (Å²) < 4.78 is 0. The molecule has 0 saturated carbocycles. The largest absolute Gasteiger partial charge is 0.245 e. The molecule has 1 heterocycles. The lowest BCUT2D eigenvalue weighted by molar-refractivity contribution is 1.12. The Morgan fingerprint density at radius 3 is 2.03 bits per heavy atom. The number of rotatable bonds is 5. The first-order valence-electron chi connectivity index (χ1n) is 9.66. The number of nitrogens with one attached hydrogen (secondary N) is 1. The third-order valence-electron chi connectivity index (χ3n) is 4.73. The lowest BCUT2D eigenvalue weighted by Gasteiger charge is -2.09. The van der Waals surface area contributed by atoms with Gasteiger partial charge in [-0.3, -0.25) is 0 Å². The van der Waals surface area contributed by atoms with E-state index < -0.39 is 0 Å². The number of nitrogens with zero attached hydrogens (tertiary/aromatic N) is 3. The summed E-state index contributed by atoms with van der Waals surface area (Å²) in [5.41, 5.74) is 9.74. The van der Waals surface area contributed by atoms with Crippen LogP contribution in [-0.4, -0.2) is 15.7 Å². The van der Waals surface area contributed by atoms with Gasteiger partial charge in [-0.2, -0.15) is 5.10 Å². The van der Waals surface area contributed by atoms with Crippen LogP contribution in [0.4, 0.5) is 5.95 Å². The van der Waals surface area contributed by atoms with Gasteiger partial charge in [-0.05, 0) is 37.6 Å². The van der Waals surface area contributed by atoms with Crippen molar-refractivity contribution >= 4 is 23.3 Å². The molecule has 4 nitrogen and oxygen atoms in total. The van der Waals surface area contributed by atoms with Crippen LogP contribution in [0.5, 0.6) is 0 Å². The predicted molar refractivity (Wildman–Crippen MR) is 125 cm³/mol. The molecule has 4 rings (SSSR count). The van der Waals surface area contributed by atoms with Gasteiger partial charge in [-0.15, -0.1) is 0 Å². The maximum Gasteiger partial charge on any atom is 0.244 e. The number of aryl methyl sites for hydroxylation is 1. The van der Waals surface area contributed by atoms with Gasteiger partial charge in [0.2, 0.25) is 5.95 Å². The highest BCUT2D eigenvalue weighted by Gasteiger charge is 2.09. The Labute approximate surface area is 181 Å². The molecule has 0 fully saturated rings. The molecule has 0 unspecified atom stereocenters.